The predicted molar refractivity (Wildman–Crippen MR) is 256 cm³/mol. The normalized spacial score (nSPS) is 16.6. The van der Waals surface area contributed by atoms with Gasteiger partial charge in [0.05, 0.1) is 11.1 Å². The summed E-state index contributed by atoms with van der Waals surface area (Å²) < 4.78 is 13.3. The van der Waals surface area contributed by atoms with E-state index in [9.17, 15) is 0 Å². The molecule has 4 heteroatoms. The van der Waals surface area contributed by atoms with Crippen LogP contribution in [0.3, 0.4) is 0 Å². The van der Waals surface area contributed by atoms with Gasteiger partial charge >= 0.3 is 0 Å². The third-order valence-corrected chi connectivity index (χ3v) is 13.5. The van der Waals surface area contributed by atoms with Crippen molar-refractivity contribution in [3.63, 3.8) is 0 Å². The fourth-order valence-corrected chi connectivity index (χ4v) is 10.7. The van der Waals surface area contributed by atoms with Crippen LogP contribution in [0, 0.1) is 0 Å². The molecule has 1 spiro atoms. The fourth-order valence-electron chi connectivity index (χ4n) is 10.7. The van der Waals surface area contributed by atoms with E-state index in [4.69, 9.17) is 14.1 Å². The fraction of sp³-hybridized carbons (Fsp3) is 0.0678. The summed E-state index contributed by atoms with van der Waals surface area (Å²) in [5.41, 5.74) is 18.6. The molecule has 9 aromatic rings. The highest BCUT2D eigenvalue weighted by molar-refractivity contribution is 6.13. The Labute approximate surface area is 365 Å². The Hall–Kier alpha value is -7.95. The number of aliphatic imine (C=N–C) groups is 1. The van der Waals surface area contributed by atoms with Crippen molar-refractivity contribution in [3.05, 3.63) is 245 Å². The summed E-state index contributed by atoms with van der Waals surface area (Å²) in [5, 5.41) is 6.15. The first-order valence-electron chi connectivity index (χ1n) is 21.9. The predicted octanol–water partition coefficient (Wildman–Crippen LogP) is 14.7. The zero-order chi connectivity index (χ0) is 41.5. The minimum absolute atomic E-state index is 0.329. The van der Waals surface area contributed by atoms with Crippen LogP contribution in [0.15, 0.2) is 221 Å². The van der Waals surface area contributed by atoms with E-state index in [0.717, 1.165) is 96.6 Å². The third kappa shape index (κ3) is 5.44. The molecule has 0 saturated heterocycles. The van der Waals surface area contributed by atoms with Gasteiger partial charge in [-0.1, -0.05) is 182 Å². The second-order valence-electron chi connectivity index (χ2n) is 16.9. The molecule has 2 aliphatic carbocycles. The van der Waals surface area contributed by atoms with Crippen molar-refractivity contribution >= 4 is 33.3 Å². The highest BCUT2D eigenvalue weighted by Crippen LogP contribution is 2.62. The number of hydrogen-bond acceptors (Lipinski definition) is 4. The molecule has 2 aliphatic heterocycles. The molecule has 8 aromatic carbocycles. The number of benzene rings is 8. The van der Waals surface area contributed by atoms with Gasteiger partial charge in [0.15, 0.2) is 0 Å². The van der Waals surface area contributed by atoms with Crippen LogP contribution in [0.4, 0.5) is 0 Å². The number of rotatable bonds is 5. The van der Waals surface area contributed by atoms with Gasteiger partial charge in [-0.2, -0.15) is 0 Å². The van der Waals surface area contributed by atoms with E-state index >= 15 is 0 Å². The lowest BCUT2D eigenvalue weighted by Crippen LogP contribution is -2.32. The number of ether oxygens (including phenoxy) is 1. The van der Waals surface area contributed by atoms with Gasteiger partial charge in [-0.3, -0.25) is 4.99 Å². The van der Waals surface area contributed by atoms with Crippen LogP contribution in [-0.2, 0) is 5.41 Å². The van der Waals surface area contributed by atoms with Crippen molar-refractivity contribution in [2.75, 3.05) is 0 Å². The molecule has 1 atom stereocenters. The number of para-hydroxylation sites is 3. The molecule has 0 fully saturated rings. The SMILES string of the molecule is C1=CCCC(C2=NC(c3ccccc3-c3ccc4c(c3)Oc3ccccc3C43c4ccccc4-c4ccccc43)NC(c3ccc(-c4cccc5c4oc4ccccc45)cc3)=C2)=C1. The van der Waals surface area contributed by atoms with Crippen LogP contribution >= 0.6 is 0 Å². The molecule has 63 heavy (non-hydrogen) atoms. The molecule has 4 aliphatic rings. The van der Waals surface area contributed by atoms with Gasteiger partial charge in [0.25, 0.3) is 0 Å². The Balaban J connectivity index is 0.902. The van der Waals surface area contributed by atoms with Gasteiger partial charge < -0.3 is 14.5 Å². The first kappa shape index (κ1) is 35.8. The largest absolute Gasteiger partial charge is 0.457 e. The molecule has 1 aromatic heterocycles. The molecule has 1 unspecified atom stereocenters. The summed E-state index contributed by atoms with van der Waals surface area (Å²) >= 11 is 0. The van der Waals surface area contributed by atoms with Gasteiger partial charge in [0, 0.05) is 38.7 Å². The second-order valence-corrected chi connectivity index (χ2v) is 16.9. The molecular weight excluding hydrogens is 769 g/mol. The number of allylic oxidation sites excluding steroid dienone is 5. The Morgan fingerprint density at radius 3 is 2.00 bits per heavy atom. The second kappa shape index (κ2) is 14.1. The highest BCUT2D eigenvalue weighted by atomic mass is 16.5. The lowest BCUT2D eigenvalue weighted by atomic mass is 9.66. The summed E-state index contributed by atoms with van der Waals surface area (Å²) in [6, 6.07) is 65.3. The zero-order valence-electron chi connectivity index (χ0n) is 34.4. The van der Waals surface area contributed by atoms with Crippen LogP contribution in [0.1, 0.15) is 52.4 Å². The van der Waals surface area contributed by atoms with Crippen molar-refractivity contribution < 1.29 is 9.15 Å². The van der Waals surface area contributed by atoms with E-state index in [1.165, 1.54) is 33.4 Å². The Kier molecular flexibility index (Phi) is 7.98. The number of fused-ring (bicyclic) bond motifs is 12. The highest BCUT2D eigenvalue weighted by Gasteiger charge is 2.51. The maximum absolute atomic E-state index is 6.92. The number of nitrogens with zero attached hydrogens (tertiary/aromatic N) is 1. The van der Waals surface area contributed by atoms with Crippen molar-refractivity contribution in [1.82, 2.24) is 5.32 Å². The summed E-state index contributed by atoms with van der Waals surface area (Å²) in [6.45, 7) is 0. The van der Waals surface area contributed by atoms with Crippen LogP contribution < -0.4 is 10.1 Å². The Bertz CT molecular complexity index is 3430. The standard InChI is InChI=1S/C59H40N2O2/c1-2-15-38(16-3-1)52-36-53(39-31-29-37(30-32-39)42-22-14-23-46-45-20-8-12-27-54(45)63-57(42)46)61-58(60-52)47-21-5-4-17-41(47)40-33-34-51-56(35-40)62-55-28-13-11-26-50(55)59(51)48-24-9-6-18-43(48)44-19-7-10-25-49(44)59/h1-2,4-15,17-36,58,61H,3,16H2. The summed E-state index contributed by atoms with van der Waals surface area (Å²) in [6.07, 6.45) is 10.4. The maximum atomic E-state index is 6.92. The molecular formula is C59H40N2O2. The van der Waals surface area contributed by atoms with Gasteiger partial charge in [-0.25, -0.2) is 0 Å². The molecule has 0 saturated carbocycles. The van der Waals surface area contributed by atoms with Gasteiger partial charge in [-0.05, 0) is 87.2 Å². The Morgan fingerprint density at radius 2 is 1.19 bits per heavy atom. The lowest BCUT2D eigenvalue weighted by Gasteiger charge is -2.39. The van der Waals surface area contributed by atoms with Crippen LogP contribution in [0.2, 0.25) is 0 Å². The van der Waals surface area contributed by atoms with Crippen molar-refractivity contribution in [2.24, 2.45) is 4.99 Å². The average Bonchev–Trinajstić information content (AvgIpc) is 3.88. The number of nitrogens with one attached hydrogen (secondary N) is 1. The van der Waals surface area contributed by atoms with Crippen LogP contribution in [-0.4, -0.2) is 5.71 Å². The number of hydrogen-bond donors (Lipinski definition) is 1. The van der Waals surface area contributed by atoms with Crippen LogP contribution in [0.25, 0.3) is 61.0 Å². The topological polar surface area (TPSA) is 46.8 Å². The summed E-state index contributed by atoms with van der Waals surface area (Å²) in [7, 11) is 0. The van der Waals surface area contributed by atoms with Crippen LogP contribution in [0.5, 0.6) is 11.5 Å². The minimum atomic E-state index is -0.504. The maximum Gasteiger partial charge on any atom is 0.146 e. The first-order valence-corrected chi connectivity index (χ1v) is 21.9. The summed E-state index contributed by atoms with van der Waals surface area (Å²) in [4.78, 5) is 5.47. The van der Waals surface area contributed by atoms with E-state index in [1.807, 2.05) is 12.1 Å². The van der Waals surface area contributed by atoms with Gasteiger partial charge in [-0.15, -0.1) is 0 Å². The minimum Gasteiger partial charge on any atom is -0.457 e. The molecule has 3 heterocycles. The quantitative estimate of drug-likeness (QED) is 0.188. The monoisotopic (exact) mass is 808 g/mol. The lowest BCUT2D eigenvalue weighted by molar-refractivity contribution is 0.436. The number of furan rings is 1. The van der Waals surface area contributed by atoms with Crippen molar-refractivity contribution in [3.8, 4) is 44.9 Å². The first-order chi connectivity index (χ1) is 31.2. The summed E-state index contributed by atoms with van der Waals surface area (Å²) in [5.74, 6) is 1.75. The van der Waals surface area contributed by atoms with E-state index in [1.54, 1.807) is 0 Å². The van der Waals surface area contributed by atoms with E-state index in [2.05, 4.69) is 199 Å². The molecule has 0 amide bonds. The zero-order valence-corrected chi connectivity index (χ0v) is 34.4. The third-order valence-electron chi connectivity index (χ3n) is 13.5. The van der Waals surface area contributed by atoms with Crippen molar-refractivity contribution in [1.29, 1.82) is 0 Å². The Morgan fingerprint density at radius 1 is 0.540 bits per heavy atom. The smallest absolute Gasteiger partial charge is 0.146 e. The molecule has 1 N–H and O–H groups in total. The van der Waals surface area contributed by atoms with Crippen molar-refractivity contribution in [2.45, 2.75) is 24.4 Å². The molecule has 13 rings (SSSR count). The van der Waals surface area contributed by atoms with E-state index in [0.29, 0.717) is 0 Å². The molecule has 0 bridgehead atoms. The molecule has 298 valence electrons. The molecule has 0 radical (unpaired) electrons. The van der Waals surface area contributed by atoms with E-state index < -0.39 is 5.41 Å². The van der Waals surface area contributed by atoms with E-state index in [-0.39, 0.29) is 6.17 Å². The molecule has 4 nitrogen and oxygen atoms in total. The average molecular weight is 809 g/mol. The van der Waals surface area contributed by atoms with Gasteiger partial charge in [0.1, 0.15) is 28.8 Å². The van der Waals surface area contributed by atoms with Gasteiger partial charge in [0.2, 0.25) is 0 Å².